The van der Waals surface area contributed by atoms with Crippen molar-refractivity contribution in [2.24, 2.45) is 0 Å². The van der Waals surface area contributed by atoms with E-state index in [4.69, 9.17) is 4.74 Å². The summed E-state index contributed by atoms with van der Waals surface area (Å²) in [6.07, 6.45) is 0. The molecule has 3 aromatic carbocycles. The van der Waals surface area contributed by atoms with Gasteiger partial charge in [-0.25, -0.2) is 0 Å². The normalized spacial score (nSPS) is 10.3. The first-order valence-corrected chi connectivity index (χ1v) is 7.76. The number of benzene rings is 3. The van der Waals surface area contributed by atoms with Crippen molar-refractivity contribution >= 4 is 5.57 Å². The van der Waals surface area contributed by atoms with Crippen LogP contribution in [0.5, 0.6) is 5.75 Å². The summed E-state index contributed by atoms with van der Waals surface area (Å²) < 4.78 is 6.06. The third kappa shape index (κ3) is 3.70. The van der Waals surface area contributed by atoms with Crippen molar-refractivity contribution in [2.45, 2.75) is 13.5 Å². The Hall–Kier alpha value is -2.80. The molecule has 0 saturated carbocycles. The van der Waals surface area contributed by atoms with Crippen LogP contribution in [0.1, 0.15) is 22.3 Å². The molecule has 0 heterocycles. The van der Waals surface area contributed by atoms with Crippen molar-refractivity contribution in [1.29, 1.82) is 0 Å². The van der Waals surface area contributed by atoms with Crippen LogP contribution in [0.3, 0.4) is 0 Å². The second-order valence-electron chi connectivity index (χ2n) is 5.62. The van der Waals surface area contributed by atoms with Gasteiger partial charge in [-0.15, -0.1) is 0 Å². The molecule has 0 aromatic heterocycles. The number of hydrogen-bond donors (Lipinski definition) is 0. The van der Waals surface area contributed by atoms with Crippen LogP contribution in [-0.4, -0.2) is 0 Å². The van der Waals surface area contributed by atoms with Gasteiger partial charge in [-0.2, -0.15) is 0 Å². The monoisotopic (exact) mass is 300 g/mol. The molecule has 3 aromatic rings. The summed E-state index contributed by atoms with van der Waals surface area (Å²) >= 11 is 0. The van der Waals surface area contributed by atoms with Crippen LogP contribution < -0.4 is 4.74 Å². The minimum Gasteiger partial charge on any atom is -0.488 e. The van der Waals surface area contributed by atoms with Gasteiger partial charge in [-0.05, 0) is 35.8 Å². The number of aryl methyl sites for hydroxylation is 1. The van der Waals surface area contributed by atoms with E-state index in [2.05, 4.69) is 49.9 Å². The Morgan fingerprint density at radius 1 is 0.870 bits per heavy atom. The van der Waals surface area contributed by atoms with E-state index in [-0.39, 0.29) is 0 Å². The van der Waals surface area contributed by atoms with Crippen molar-refractivity contribution in [3.63, 3.8) is 0 Å². The lowest BCUT2D eigenvalue weighted by molar-refractivity contribution is 0.305. The molecule has 0 fully saturated rings. The maximum Gasteiger partial charge on any atom is 0.127 e. The Morgan fingerprint density at radius 3 is 2.22 bits per heavy atom. The molecule has 0 aliphatic carbocycles. The predicted octanol–water partition coefficient (Wildman–Crippen LogP) is 5.64. The van der Waals surface area contributed by atoms with Crippen molar-refractivity contribution < 1.29 is 4.74 Å². The lowest BCUT2D eigenvalue weighted by atomic mass is 9.97. The largest absolute Gasteiger partial charge is 0.488 e. The maximum atomic E-state index is 6.06. The fourth-order valence-corrected chi connectivity index (χ4v) is 2.54. The van der Waals surface area contributed by atoms with Crippen LogP contribution in [0.4, 0.5) is 0 Å². The molecular weight excluding hydrogens is 280 g/mol. The molecule has 1 nitrogen and oxygen atoms in total. The van der Waals surface area contributed by atoms with Crippen molar-refractivity contribution in [3.05, 3.63) is 108 Å². The average molecular weight is 300 g/mol. The zero-order valence-corrected chi connectivity index (χ0v) is 13.3. The summed E-state index contributed by atoms with van der Waals surface area (Å²) in [6.45, 7) is 6.91. The molecule has 0 saturated heterocycles. The van der Waals surface area contributed by atoms with Gasteiger partial charge < -0.3 is 4.74 Å². The van der Waals surface area contributed by atoms with Gasteiger partial charge in [-0.3, -0.25) is 0 Å². The summed E-state index contributed by atoms with van der Waals surface area (Å²) in [6, 6.07) is 26.7. The van der Waals surface area contributed by atoms with Crippen LogP contribution in [0.25, 0.3) is 5.57 Å². The van der Waals surface area contributed by atoms with Crippen molar-refractivity contribution in [3.8, 4) is 5.75 Å². The van der Waals surface area contributed by atoms with E-state index in [9.17, 15) is 0 Å². The predicted molar refractivity (Wildman–Crippen MR) is 96.5 cm³/mol. The zero-order valence-electron chi connectivity index (χ0n) is 13.3. The Kier molecular flexibility index (Phi) is 4.58. The molecule has 0 bridgehead atoms. The summed E-state index contributed by atoms with van der Waals surface area (Å²) in [7, 11) is 0. The van der Waals surface area contributed by atoms with Gasteiger partial charge in [0, 0.05) is 5.56 Å². The molecule has 0 N–H and O–H groups in total. The van der Waals surface area contributed by atoms with E-state index in [0.717, 1.165) is 28.0 Å². The molecule has 0 aliphatic heterocycles. The number of ether oxygens (including phenoxy) is 1. The van der Waals surface area contributed by atoms with Crippen LogP contribution in [0.15, 0.2) is 85.4 Å². The van der Waals surface area contributed by atoms with E-state index in [0.29, 0.717) is 6.61 Å². The summed E-state index contributed by atoms with van der Waals surface area (Å²) in [5.74, 6) is 0.869. The first-order valence-electron chi connectivity index (χ1n) is 7.76. The topological polar surface area (TPSA) is 9.23 Å². The maximum absolute atomic E-state index is 6.06. The SMILES string of the molecule is C=C(c1ccccc1)c1cc(C)ccc1OCc1ccccc1. The van der Waals surface area contributed by atoms with E-state index in [1.165, 1.54) is 5.56 Å². The number of rotatable bonds is 5. The lowest BCUT2D eigenvalue weighted by Gasteiger charge is -2.15. The number of hydrogen-bond acceptors (Lipinski definition) is 1. The smallest absolute Gasteiger partial charge is 0.127 e. The molecule has 0 aliphatic rings. The zero-order chi connectivity index (χ0) is 16.1. The second-order valence-corrected chi connectivity index (χ2v) is 5.62. The van der Waals surface area contributed by atoms with Crippen molar-refractivity contribution in [2.75, 3.05) is 0 Å². The van der Waals surface area contributed by atoms with Gasteiger partial charge in [0.25, 0.3) is 0 Å². The molecule has 3 rings (SSSR count). The van der Waals surface area contributed by atoms with Gasteiger partial charge in [0.05, 0.1) is 0 Å². The van der Waals surface area contributed by atoms with E-state index in [1.54, 1.807) is 0 Å². The second kappa shape index (κ2) is 6.97. The van der Waals surface area contributed by atoms with E-state index >= 15 is 0 Å². The first kappa shape index (κ1) is 15.1. The van der Waals surface area contributed by atoms with Gasteiger partial charge in [-0.1, -0.05) is 78.9 Å². The van der Waals surface area contributed by atoms with Crippen molar-refractivity contribution in [1.82, 2.24) is 0 Å². The Balaban J connectivity index is 1.87. The van der Waals surface area contributed by atoms with E-state index < -0.39 is 0 Å². The standard InChI is InChI=1S/C22H20O/c1-17-13-14-22(23-16-19-9-5-3-6-10-19)21(15-17)18(2)20-11-7-4-8-12-20/h3-15H,2,16H2,1H3. The average Bonchev–Trinajstić information content (AvgIpc) is 2.61. The third-order valence-electron chi connectivity index (χ3n) is 3.82. The Bertz CT molecular complexity index is 789. The lowest BCUT2D eigenvalue weighted by Crippen LogP contribution is -1.99. The van der Waals surface area contributed by atoms with Gasteiger partial charge in [0.1, 0.15) is 12.4 Å². The third-order valence-corrected chi connectivity index (χ3v) is 3.82. The molecule has 0 atom stereocenters. The van der Waals surface area contributed by atoms with Gasteiger partial charge in [0.15, 0.2) is 0 Å². The molecule has 0 unspecified atom stereocenters. The highest BCUT2D eigenvalue weighted by molar-refractivity contribution is 5.81. The fourth-order valence-electron chi connectivity index (χ4n) is 2.54. The van der Waals surface area contributed by atoms with Crippen LogP contribution in [0.2, 0.25) is 0 Å². The molecular formula is C22H20O. The molecule has 0 amide bonds. The molecule has 114 valence electrons. The van der Waals surface area contributed by atoms with E-state index in [1.807, 2.05) is 42.5 Å². The van der Waals surface area contributed by atoms with Gasteiger partial charge >= 0.3 is 0 Å². The summed E-state index contributed by atoms with van der Waals surface area (Å²) in [5.41, 5.74) is 5.50. The molecule has 1 heteroatoms. The summed E-state index contributed by atoms with van der Waals surface area (Å²) in [4.78, 5) is 0. The van der Waals surface area contributed by atoms with Crippen LogP contribution in [-0.2, 0) is 6.61 Å². The minimum absolute atomic E-state index is 0.555. The Morgan fingerprint density at radius 2 is 1.52 bits per heavy atom. The highest BCUT2D eigenvalue weighted by Gasteiger charge is 2.10. The van der Waals surface area contributed by atoms with Crippen LogP contribution in [0, 0.1) is 6.92 Å². The van der Waals surface area contributed by atoms with Crippen LogP contribution >= 0.6 is 0 Å². The Labute approximate surface area is 137 Å². The van der Waals surface area contributed by atoms with Gasteiger partial charge in [0.2, 0.25) is 0 Å². The quantitative estimate of drug-likeness (QED) is 0.593. The minimum atomic E-state index is 0.555. The first-order chi connectivity index (χ1) is 11.2. The summed E-state index contributed by atoms with van der Waals surface area (Å²) in [5, 5.41) is 0. The molecule has 0 radical (unpaired) electrons. The fraction of sp³-hybridized carbons (Fsp3) is 0.0909. The highest BCUT2D eigenvalue weighted by atomic mass is 16.5. The molecule has 0 spiro atoms. The molecule has 23 heavy (non-hydrogen) atoms. The highest BCUT2D eigenvalue weighted by Crippen LogP contribution is 2.31.